The number of benzene rings is 2. The Hall–Kier alpha value is -3.15. The van der Waals surface area contributed by atoms with Crippen molar-refractivity contribution in [1.82, 2.24) is 9.88 Å². The molecule has 1 atom stereocenters. The number of ether oxygens (including phenoxy) is 2. The van der Waals surface area contributed by atoms with Gasteiger partial charge in [-0.25, -0.2) is 4.79 Å². The first kappa shape index (κ1) is 17.3. The van der Waals surface area contributed by atoms with Gasteiger partial charge in [0, 0.05) is 17.6 Å². The number of nitrogens with zero attached hydrogens (tertiary/aromatic N) is 1. The van der Waals surface area contributed by atoms with Crippen LogP contribution in [0.3, 0.4) is 0 Å². The van der Waals surface area contributed by atoms with E-state index in [1.165, 1.54) is 0 Å². The number of para-hydroxylation sites is 2. The van der Waals surface area contributed by atoms with Gasteiger partial charge in [0.1, 0.15) is 6.61 Å². The van der Waals surface area contributed by atoms with E-state index in [0.29, 0.717) is 24.9 Å². The highest BCUT2D eigenvalue weighted by Gasteiger charge is 2.21. The van der Waals surface area contributed by atoms with Gasteiger partial charge in [0.15, 0.2) is 17.6 Å². The number of carbonyl (C=O) groups is 1. The molecule has 3 aromatic rings. The molecule has 6 heteroatoms. The monoisotopic (exact) mass is 365 g/mol. The average Bonchev–Trinajstić information content (AvgIpc) is 3.12. The number of carbonyl (C=O) groups excluding carboxylic acids is 1. The highest BCUT2D eigenvalue weighted by Crippen LogP contribution is 2.30. The van der Waals surface area contributed by atoms with Crippen molar-refractivity contribution < 1.29 is 14.3 Å². The summed E-state index contributed by atoms with van der Waals surface area (Å²) in [5, 5.41) is 6.82. The second kappa shape index (κ2) is 7.23. The fraction of sp³-hybridized carbons (Fsp3) is 0.286. The smallest absolute Gasteiger partial charge is 0.319 e. The van der Waals surface area contributed by atoms with Gasteiger partial charge in [0.25, 0.3) is 0 Å². The van der Waals surface area contributed by atoms with Crippen LogP contribution >= 0.6 is 0 Å². The highest BCUT2D eigenvalue weighted by molar-refractivity contribution is 6.00. The van der Waals surface area contributed by atoms with Crippen LogP contribution in [0, 0.1) is 0 Å². The third-order valence-electron chi connectivity index (χ3n) is 4.63. The molecule has 0 spiro atoms. The summed E-state index contributed by atoms with van der Waals surface area (Å²) in [5.74, 6) is 1.44. The van der Waals surface area contributed by atoms with Crippen molar-refractivity contribution in [2.24, 2.45) is 0 Å². The van der Waals surface area contributed by atoms with Crippen molar-refractivity contribution in [3.63, 3.8) is 0 Å². The van der Waals surface area contributed by atoms with Crippen molar-refractivity contribution in [2.45, 2.75) is 26.0 Å². The Balaban J connectivity index is 1.38. The molecule has 0 unspecified atom stereocenters. The van der Waals surface area contributed by atoms with Crippen LogP contribution < -0.4 is 20.1 Å². The fourth-order valence-electron chi connectivity index (χ4n) is 3.28. The average molecular weight is 365 g/mol. The number of hydrogen-bond acceptors (Lipinski definition) is 3. The number of fused-ring (bicyclic) bond motifs is 2. The molecule has 1 aliphatic rings. The first-order valence-corrected chi connectivity index (χ1v) is 9.14. The Kier molecular flexibility index (Phi) is 4.62. The maximum atomic E-state index is 12.4. The lowest BCUT2D eigenvalue weighted by molar-refractivity contribution is 0.0922. The number of rotatable bonds is 4. The van der Waals surface area contributed by atoms with Crippen LogP contribution in [0.4, 0.5) is 10.5 Å². The van der Waals surface area contributed by atoms with E-state index in [1.54, 1.807) is 0 Å². The Labute approximate surface area is 158 Å². The van der Waals surface area contributed by atoms with Crippen LogP contribution in [0.5, 0.6) is 11.5 Å². The molecule has 27 heavy (non-hydrogen) atoms. The number of nitrogens with one attached hydrogen (secondary N) is 2. The van der Waals surface area contributed by atoms with Gasteiger partial charge in [0.05, 0.1) is 17.7 Å². The molecule has 0 saturated heterocycles. The summed E-state index contributed by atoms with van der Waals surface area (Å²) in [5.41, 5.74) is 1.89. The van der Waals surface area contributed by atoms with E-state index in [0.717, 1.165) is 22.3 Å². The Bertz CT molecular complexity index is 964. The van der Waals surface area contributed by atoms with E-state index in [1.807, 2.05) is 48.7 Å². The zero-order valence-electron chi connectivity index (χ0n) is 15.4. The van der Waals surface area contributed by atoms with Crippen LogP contribution in [0.1, 0.15) is 19.9 Å². The normalized spacial score (nSPS) is 15.7. The summed E-state index contributed by atoms with van der Waals surface area (Å²) in [6.07, 6.45) is 1.83. The van der Waals surface area contributed by atoms with Crippen LogP contribution in [-0.4, -0.2) is 29.9 Å². The number of aromatic nitrogens is 1. The Morgan fingerprint density at radius 3 is 2.78 bits per heavy atom. The minimum absolute atomic E-state index is 0.219. The molecule has 2 amide bonds. The molecular weight excluding hydrogens is 342 g/mol. The van der Waals surface area contributed by atoms with Crippen LogP contribution in [-0.2, 0) is 0 Å². The lowest BCUT2D eigenvalue weighted by Gasteiger charge is -2.26. The summed E-state index contributed by atoms with van der Waals surface area (Å²) in [6.45, 7) is 5.04. The molecular formula is C21H23N3O3. The zero-order valence-corrected chi connectivity index (χ0v) is 15.4. The first-order valence-electron chi connectivity index (χ1n) is 9.14. The number of anilines is 1. The van der Waals surface area contributed by atoms with Crippen molar-refractivity contribution in [2.75, 3.05) is 18.5 Å². The summed E-state index contributed by atoms with van der Waals surface area (Å²) >= 11 is 0. The van der Waals surface area contributed by atoms with Crippen molar-refractivity contribution in [3.05, 3.63) is 54.7 Å². The lowest BCUT2D eigenvalue weighted by atomic mass is 10.2. The van der Waals surface area contributed by atoms with E-state index in [-0.39, 0.29) is 12.1 Å². The summed E-state index contributed by atoms with van der Waals surface area (Å²) in [4.78, 5) is 12.4. The van der Waals surface area contributed by atoms with Gasteiger partial charge in [-0.1, -0.05) is 18.2 Å². The van der Waals surface area contributed by atoms with Crippen molar-refractivity contribution in [1.29, 1.82) is 0 Å². The van der Waals surface area contributed by atoms with E-state index >= 15 is 0 Å². The van der Waals surface area contributed by atoms with E-state index in [4.69, 9.17) is 9.47 Å². The molecule has 0 bridgehead atoms. The lowest BCUT2D eigenvalue weighted by Crippen LogP contribution is -2.42. The molecule has 4 rings (SSSR count). The van der Waals surface area contributed by atoms with Gasteiger partial charge < -0.3 is 24.7 Å². The molecule has 140 valence electrons. The molecule has 6 nitrogen and oxygen atoms in total. The first-order chi connectivity index (χ1) is 13.1. The topological polar surface area (TPSA) is 64.5 Å². The van der Waals surface area contributed by atoms with Gasteiger partial charge in [-0.3, -0.25) is 0 Å². The van der Waals surface area contributed by atoms with Crippen LogP contribution in [0.15, 0.2) is 54.7 Å². The molecule has 0 saturated carbocycles. The zero-order chi connectivity index (χ0) is 18.8. The molecule has 0 aliphatic carbocycles. The van der Waals surface area contributed by atoms with E-state index in [2.05, 4.69) is 35.1 Å². The number of urea groups is 1. The number of amides is 2. The predicted molar refractivity (Wildman–Crippen MR) is 106 cm³/mol. The molecule has 2 N–H and O–H groups in total. The Morgan fingerprint density at radius 1 is 1.15 bits per heavy atom. The fourth-order valence-corrected chi connectivity index (χ4v) is 3.28. The second-order valence-electron chi connectivity index (χ2n) is 6.89. The second-order valence-corrected chi connectivity index (χ2v) is 6.89. The summed E-state index contributed by atoms with van der Waals surface area (Å²) < 4.78 is 13.7. The largest absolute Gasteiger partial charge is 0.486 e. The van der Waals surface area contributed by atoms with Gasteiger partial charge >= 0.3 is 6.03 Å². The highest BCUT2D eigenvalue weighted by atomic mass is 16.6. The van der Waals surface area contributed by atoms with Gasteiger partial charge in [-0.05, 0) is 44.2 Å². The van der Waals surface area contributed by atoms with Crippen molar-refractivity contribution in [3.8, 4) is 11.5 Å². The SMILES string of the molecule is CC(C)n1ccc2c(NC(=O)NC[C@H]3COc4ccccc4O3)cccc21. The minimum Gasteiger partial charge on any atom is -0.486 e. The third kappa shape index (κ3) is 3.56. The molecule has 0 radical (unpaired) electrons. The van der Waals surface area contributed by atoms with Gasteiger partial charge in [0.2, 0.25) is 0 Å². The van der Waals surface area contributed by atoms with Gasteiger partial charge in [-0.15, -0.1) is 0 Å². The molecule has 1 aliphatic heterocycles. The van der Waals surface area contributed by atoms with Crippen molar-refractivity contribution >= 4 is 22.6 Å². The van der Waals surface area contributed by atoms with E-state index < -0.39 is 0 Å². The molecule has 1 aromatic heterocycles. The third-order valence-corrected chi connectivity index (χ3v) is 4.63. The van der Waals surface area contributed by atoms with E-state index in [9.17, 15) is 4.79 Å². The molecule has 2 aromatic carbocycles. The van der Waals surface area contributed by atoms with Gasteiger partial charge in [-0.2, -0.15) is 0 Å². The maximum Gasteiger partial charge on any atom is 0.319 e. The molecule has 0 fully saturated rings. The molecule has 2 heterocycles. The summed E-state index contributed by atoms with van der Waals surface area (Å²) in [6, 6.07) is 15.6. The quantitative estimate of drug-likeness (QED) is 0.729. The number of hydrogen-bond donors (Lipinski definition) is 2. The van der Waals surface area contributed by atoms with Crippen LogP contribution in [0.2, 0.25) is 0 Å². The predicted octanol–water partition coefficient (Wildman–Crippen LogP) is 4.18. The van der Waals surface area contributed by atoms with Crippen LogP contribution in [0.25, 0.3) is 10.9 Å². The standard InChI is InChI=1S/C21H23N3O3/c1-14(2)24-11-10-16-17(6-5-7-18(16)24)23-21(25)22-12-15-13-26-19-8-3-4-9-20(19)27-15/h3-11,14-15H,12-13H2,1-2H3,(H2,22,23,25)/t15-/m0/s1. The minimum atomic E-state index is -0.262. The summed E-state index contributed by atoms with van der Waals surface area (Å²) in [7, 11) is 0. The Morgan fingerprint density at radius 2 is 1.96 bits per heavy atom. The maximum absolute atomic E-state index is 12.4.